The second kappa shape index (κ2) is 7.27. The Labute approximate surface area is 159 Å². The van der Waals surface area contributed by atoms with Crippen LogP contribution in [-0.2, 0) is 13.2 Å². The van der Waals surface area contributed by atoms with E-state index in [1.165, 1.54) is 0 Å². The molecule has 0 bridgehead atoms. The van der Waals surface area contributed by atoms with Crippen LogP contribution in [0.15, 0.2) is 60.7 Å². The maximum absolute atomic E-state index is 12.9. The fourth-order valence-electron chi connectivity index (χ4n) is 3.42. The minimum absolute atomic E-state index is 0.0661. The first kappa shape index (κ1) is 17.3. The zero-order valence-corrected chi connectivity index (χ0v) is 15.6. The van der Waals surface area contributed by atoms with Crippen molar-refractivity contribution in [2.24, 2.45) is 0 Å². The Morgan fingerprint density at radius 1 is 1.15 bits per heavy atom. The number of carbonyl (C=O) groups is 1. The van der Waals surface area contributed by atoms with Gasteiger partial charge in [0.1, 0.15) is 18.1 Å². The smallest absolute Gasteiger partial charge is 0.254 e. The molecule has 0 fully saturated rings. The lowest BCUT2D eigenvalue weighted by molar-refractivity contribution is 0.0677. The number of aromatic nitrogens is 2. The van der Waals surface area contributed by atoms with Gasteiger partial charge in [0, 0.05) is 12.1 Å². The van der Waals surface area contributed by atoms with Gasteiger partial charge in [0.2, 0.25) is 0 Å². The van der Waals surface area contributed by atoms with Crippen molar-refractivity contribution in [2.45, 2.75) is 33.0 Å². The molecule has 5 heteroatoms. The molecule has 1 aliphatic rings. The van der Waals surface area contributed by atoms with Crippen molar-refractivity contribution in [3.05, 3.63) is 83.2 Å². The molecule has 1 aliphatic heterocycles. The number of hydrogen-bond donors (Lipinski definition) is 0. The highest BCUT2D eigenvalue weighted by molar-refractivity contribution is 5.94. The predicted molar refractivity (Wildman–Crippen MR) is 104 cm³/mol. The van der Waals surface area contributed by atoms with E-state index in [2.05, 4.69) is 12.0 Å². The zero-order chi connectivity index (χ0) is 18.8. The summed E-state index contributed by atoms with van der Waals surface area (Å²) in [5.74, 6) is 0.893. The molecule has 1 unspecified atom stereocenters. The van der Waals surface area contributed by atoms with Gasteiger partial charge < -0.3 is 9.64 Å². The minimum Gasteiger partial charge on any atom is -0.487 e. The number of aryl methyl sites for hydroxylation is 1. The van der Waals surface area contributed by atoms with Gasteiger partial charge in [-0.3, -0.25) is 9.48 Å². The van der Waals surface area contributed by atoms with Gasteiger partial charge in [0.15, 0.2) is 0 Å². The van der Waals surface area contributed by atoms with Crippen molar-refractivity contribution < 1.29 is 9.53 Å². The number of fused-ring (bicyclic) bond motifs is 1. The molecular formula is C22H23N3O2. The van der Waals surface area contributed by atoms with Crippen LogP contribution in [0.4, 0.5) is 0 Å². The highest BCUT2D eigenvalue weighted by Crippen LogP contribution is 2.23. The van der Waals surface area contributed by atoms with Crippen molar-refractivity contribution >= 4 is 5.91 Å². The minimum atomic E-state index is 0.0661. The first-order valence-electron chi connectivity index (χ1n) is 9.21. The SMILES string of the molecule is Cc1ccc(C(=O)N2Cc3cc(COc4ccccc4)nn3C(C)C2)cc1. The summed E-state index contributed by atoms with van der Waals surface area (Å²) in [6.45, 7) is 5.75. The van der Waals surface area contributed by atoms with E-state index in [1.54, 1.807) is 0 Å². The Balaban J connectivity index is 1.48. The molecule has 2 aromatic carbocycles. The Kier molecular flexibility index (Phi) is 4.67. The third-order valence-corrected chi connectivity index (χ3v) is 4.83. The summed E-state index contributed by atoms with van der Waals surface area (Å²) in [6.07, 6.45) is 0. The lowest BCUT2D eigenvalue weighted by Crippen LogP contribution is -2.40. The summed E-state index contributed by atoms with van der Waals surface area (Å²) in [6, 6.07) is 19.6. The molecular weight excluding hydrogens is 338 g/mol. The molecule has 0 spiro atoms. The molecule has 0 N–H and O–H groups in total. The average Bonchev–Trinajstić information content (AvgIpc) is 3.11. The Morgan fingerprint density at radius 2 is 1.89 bits per heavy atom. The maximum Gasteiger partial charge on any atom is 0.254 e. The molecule has 1 aromatic heterocycles. The number of amides is 1. The van der Waals surface area contributed by atoms with Gasteiger partial charge in [-0.1, -0.05) is 35.9 Å². The third-order valence-electron chi connectivity index (χ3n) is 4.83. The molecule has 1 amide bonds. The highest BCUT2D eigenvalue weighted by atomic mass is 16.5. The number of nitrogens with zero attached hydrogens (tertiary/aromatic N) is 3. The van der Waals surface area contributed by atoms with Crippen LogP contribution >= 0.6 is 0 Å². The Hall–Kier alpha value is -3.08. The van der Waals surface area contributed by atoms with Crippen LogP contribution in [0.25, 0.3) is 0 Å². The number of ether oxygens (including phenoxy) is 1. The lowest BCUT2D eigenvalue weighted by atomic mass is 10.1. The number of rotatable bonds is 4. The molecule has 0 radical (unpaired) electrons. The van der Waals surface area contributed by atoms with Gasteiger partial charge in [-0.25, -0.2) is 0 Å². The summed E-state index contributed by atoms with van der Waals surface area (Å²) < 4.78 is 7.82. The van der Waals surface area contributed by atoms with Gasteiger partial charge in [0.25, 0.3) is 5.91 Å². The molecule has 138 valence electrons. The van der Waals surface area contributed by atoms with E-state index in [1.807, 2.05) is 77.2 Å². The van der Waals surface area contributed by atoms with Crippen molar-refractivity contribution in [1.29, 1.82) is 0 Å². The summed E-state index contributed by atoms with van der Waals surface area (Å²) >= 11 is 0. The predicted octanol–water partition coefficient (Wildman–Crippen LogP) is 3.99. The number of para-hydroxylation sites is 1. The van der Waals surface area contributed by atoms with E-state index < -0.39 is 0 Å². The molecule has 3 aromatic rings. The fourth-order valence-corrected chi connectivity index (χ4v) is 3.42. The fraction of sp³-hybridized carbons (Fsp3) is 0.273. The van der Waals surface area contributed by atoms with Gasteiger partial charge in [-0.15, -0.1) is 0 Å². The van der Waals surface area contributed by atoms with Gasteiger partial charge in [-0.2, -0.15) is 5.10 Å². The van der Waals surface area contributed by atoms with Crippen molar-refractivity contribution in [3.63, 3.8) is 0 Å². The lowest BCUT2D eigenvalue weighted by Gasteiger charge is -2.32. The second-order valence-electron chi connectivity index (χ2n) is 7.07. The summed E-state index contributed by atoms with van der Waals surface area (Å²) in [5, 5.41) is 4.68. The van der Waals surface area contributed by atoms with Crippen molar-refractivity contribution in [2.75, 3.05) is 6.54 Å². The topological polar surface area (TPSA) is 47.4 Å². The van der Waals surface area contributed by atoms with Gasteiger partial charge in [0.05, 0.1) is 18.3 Å². The zero-order valence-electron chi connectivity index (χ0n) is 15.6. The largest absolute Gasteiger partial charge is 0.487 e. The highest BCUT2D eigenvalue weighted by Gasteiger charge is 2.27. The van der Waals surface area contributed by atoms with E-state index in [4.69, 9.17) is 4.74 Å². The van der Waals surface area contributed by atoms with Crippen LogP contribution in [0.3, 0.4) is 0 Å². The van der Waals surface area contributed by atoms with Gasteiger partial charge >= 0.3 is 0 Å². The number of benzene rings is 2. The first-order chi connectivity index (χ1) is 13.1. The van der Waals surface area contributed by atoms with Gasteiger partial charge in [-0.05, 0) is 44.2 Å². The molecule has 2 heterocycles. The first-order valence-corrected chi connectivity index (χ1v) is 9.21. The van der Waals surface area contributed by atoms with E-state index in [0.29, 0.717) is 19.7 Å². The van der Waals surface area contributed by atoms with Crippen LogP contribution in [0, 0.1) is 6.92 Å². The third kappa shape index (κ3) is 3.72. The maximum atomic E-state index is 12.9. The summed E-state index contributed by atoms with van der Waals surface area (Å²) in [5.41, 5.74) is 3.80. The molecule has 1 atom stereocenters. The van der Waals surface area contributed by atoms with E-state index in [9.17, 15) is 4.79 Å². The molecule has 0 saturated heterocycles. The standard InChI is InChI=1S/C22H23N3O2/c1-16-8-10-18(11-9-16)22(26)24-13-17(2)25-20(14-24)12-19(23-25)15-27-21-6-4-3-5-7-21/h3-12,17H,13-15H2,1-2H3. The number of carbonyl (C=O) groups excluding carboxylic acids is 1. The molecule has 5 nitrogen and oxygen atoms in total. The van der Waals surface area contributed by atoms with Crippen molar-refractivity contribution in [3.8, 4) is 5.75 Å². The molecule has 4 rings (SSSR count). The van der Waals surface area contributed by atoms with Crippen LogP contribution in [-0.4, -0.2) is 27.1 Å². The Bertz CT molecular complexity index is 932. The monoisotopic (exact) mass is 361 g/mol. The number of hydrogen-bond acceptors (Lipinski definition) is 3. The van der Waals surface area contributed by atoms with E-state index in [-0.39, 0.29) is 11.9 Å². The summed E-state index contributed by atoms with van der Waals surface area (Å²) in [4.78, 5) is 14.8. The average molecular weight is 361 g/mol. The Morgan fingerprint density at radius 3 is 2.63 bits per heavy atom. The van der Waals surface area contributed by atoms with Crippen molar-refractivity contribution in [1.82, 2.24) is 14.7 Å². The second-order valence-corrected chi connectivity index (χ2v) is 7.07. The normalized spacial score (nSPS) is 16.1. The van der Waals surface area contributed by atoms with Crippen LogP contribution in [0.2, 0.25) is 0 Å². The molecule has 0 saturated carbocycles. The molecule has 0 aliphatic carbocycles. The molecule has 27 heavy (non-hydrogen) atoms. The van der Waals surface area contributed by atoms with Crippen LogP contribution < -0.4 is 4.74 Å². The van der Waals surface area contributed by atoms with E-state index in [0.717, 1.165) is 28.3 Å². The van der Waals surface area contributed by atoms with Crippen LogP contribution in [0.5, 0.6) is 5.75 Å². The quantitative estimate of drug-likeness (QED) is 0.706. The van der Waals surface area contributed by atoms with E-state index >= 15 is 0 Å². The summed E-state index contributed by atoms with van der Waals surface area (Å²) in [7, 11) is 0. The van der Waals surface area contributed by atoms with Crippen LogP contribution in [0.1, 0.15) is 40.3 Å².